The van der Waals surface area contributed by atoms with Crippen molar-refractivity contribution in [2.24, 2.45) is 5.73 Å². The monoisotopic (exact) mass is 205 g/mol. The topological polar surface area (TPSA) is 51.8 Å². The second-order valence-electron chi connectivity index (χ2n) is 4.31. The lowest BCUT2D eigenvalue weighted by atomic mass is 9.85. The summed E-state index contributed by atoms with van der Waals surface area (Å²) in [6.07, 6.45) is 11.5. The highest BCUT2D eigenvalue weighted by atomic mass is 14.9. The third-order valence-corrected chi connectivity index (χ3v) is 3.17. The molecule has 1 aliphatic carbocycles. The highest BCUT2D eigenvalue weighted by molar-refractivity contribution is 5.12. The Hall–Kier alpha value is -0.960. The van der Waals surface area contributed by atoms with E-state index < -0.39 is 0 Å². The summed E-state index contributed by atoms with van der Waals surface area (Å²) in [5.41, 5.74) is 6.78. The molecule has 0 saturated heterocycles. The zero-order valence-corrected chi connectivity index (χ0v) is 9.15. The minimum absolute atomic E-state index is 0.628. The van der Waals surface area contributed by atoms with Crippen LogP contribution in [0.1, 0.15) is 49.4 Å². The Labute approximate surface area is 91.1 Å². The molecule has 0 aromatic carbocycles. The summed E-state index contributed by atoms with van der Waals surface area (Å²) in [5, 5.41) is 0. The maximum atomic E-state index is 5.46. The standard InChI is InChI=1S/C12H19N3/c13-7-6-12-14-8-11(9-15-12)10-4-2-1-3-5-10/h8-10H,1-7,13H2. The van der Waals surface area contributed by atoms with Crippen molar-refractivity contribution in [1.82, 2.24) is 9.97 Å². The highest BCUT2D eigenvalue weighted by Gasteiger charge is 2.15. The first-order valence-corrected chi connectivity index (χ1v) is 5.91. The quantitative estimate of drug-likeness (QED) is 0.821. The van der Waals surface area contributed by atoms with Gasteiger partial charge in [-0.2, -0.15) is 0 Å². The Bertz CT molecular complexity index is 288. The van der Waals surface area contributed by atoms with Gasteiger partial charge in [0.25, 0.3) is 0 Å². The van der Waals surface area contributed by atoms with Gasteiger partial charge in [-0.05, 0) is 30.9 Å². The molecule has 1 aromatic rings. The van der Waals surface area contributed by atoms with Gasteiger partial charge >= 0.3 is 0 Å². The fourth-order valence-electron chi connectivity index (χ4n) is 2.27. The molecule has 1 saturated carbocycles. The normalized spacial score (nSPS) is 17.9. The molecule has 0 atom stereocenters. The summed E-state index contributed by atoms with van der Waals surface area (Å²) < 4.78 is 0. The summed E-state index contributed by atoms with van der Waals surface area (Å²) in [6.45, 7) is 0.628. The minimum Gasteiger partial charge on any atom is -0.330 e. The zero-order valence-electron chi connectivity index (χ0n) is 9.15. The Morgan fingerprint density at radius 2 is 1.80 bits per heavy atom. The van der Waals surface area contributed by atoms with Crippen LogP contribution in [0.5, 0.6) is 0 Å². The van der Waals surface area contributed by atoms with Crippen molar-refractivity contribution in [3.8, 4) is 0 Å². The van der Waals surface area contributed by atoms with Crippen LogP contribution in [-0.2, 0) is 6.42 Å². The van der Waals surface area contributed by atoms with Gasteiger partial charge in [0.15, 0.2) is 0 Å². The van der Waals surface area contributed by atoms with Gasteiger partial charge in [0.2, 0.25) is 0 Å². The predicted octanol–water partition coefficient (Wildman–Crippen LogP) is 2.03. The van der Waals surface area contributed by atoms with Crippen LogP contribution >= 0.6 is 0 Å². The first-order valence-electron chi connectivity index (χ1n) is 5.91. The van der Waals surface area contributed by atoms with Gasteiger partial charge in [0.1, 0.15) is 5.82 Å². The second kappa shape index (κ2) is 5.21. The van der Waals surface area contributed by atoms with E-state index in [1.807, 2.05) is 12.4 Å². The molecule has 1 aromatic heterocycles. The van der Waals surface area contributed by atoms with Crippen molar-refractivity contribution >= 4 is 0 Å². The molecule has 3 nitrogen and oxygen atoms in total. The molecule has 0 aliphatic heterocycles. The lowest BCUT2D eigenvalue weighted by Crippen LogP contribution is -2.09. The zero-order chi connectivity index (χ0) is 10.5. The first-order chi connectivity index (χ1) is 7.40. The van der Waals surface area contributed by atoms with Crippen LogP contribution in [0, 0.1) is 0 Å². The van der Waals surface area contributed by atoms with Gasteiger partial charge in [-0.25, -0.2) is 9.97 Å². The Morgan fingerprint density at radius 3 is 2.40 bits per heavy atom. The van der Waals surface area contributed by atoms with Crippen molar-refractivity contribution < 1.29 is 0 Å². The molecule has 1 heterocycles. The average molecular weight is 205 g/mol. The number of hydrogen-bond donors (Lipinski definition) is 1. The van der Waals surface area contributed by atoms with Crippen molar-refractivity contribution in [2.75, 3.05) is 6.54 Å². The third kappa shape index (κ3) is 2.75. The highest BCUT2D eigenvalue weighted by Crippen LogP contribution is 2.31. The van der Waals surface area contributed by atoms with Crippen molar-refractivity contribution in [2.45, 2.75) is 44.4 Å². The lowest BCUT2D eigenvalue weighted by Gasteiger charge is -2.21. The third-order valence-electron chi connectivity index (χ3n) is 3.17. The predicted molar refractivity (Wildman–Crippen MR) is 60.6 cm³/mol. The fourth-order valence-corrected chi connectivity index (χ4v) is 2.27. The smallest absolute Gasteiger partial charge is 0.129 e. The van der Waals surface area contributed by atoms with E-state index in [1.54, 1.807) is 0 Å². The van der Waals surface area contributed by atoms with Crippen LogP contribution < -0.4 is 5.73 Å². The Kier molecular flexibility index (Phi) is 3.67. The molecule has 0 radical (unpaired) electrons. The largest absolute Gasteiger partial charge is 0.330 e. The van der Waals surface area contributed by atoms with E-state index in [0.29, 0.717) is 12.5 Å². The first kappa shape index (κ1) is 10.6. The summed E-state index contributed by atoms with van der Waals surface area (Å²) >= 11 is 0. The fraction of sp³-hybridized carbons (Fsp3) is 0.667. The van der Waals surface area contributed by atoms with Gasteiger partial charge in [0, 0.05) is 18.8 Å². The molecule has 1 aliphatic rings. The molecular formula is C12H19N3. The molecule has 0 amide bonds. The molecule has 1 fully saturated rings. The van der Waals surface area contributed by atoms with E-state index in [1.165, 1.54) is 37.7 Å². The van der Waals surface area contributed by atoms with E-state index in [0.717, 1.165) is 12.2 Å². The summed E-state index contributed by atoms with van der Waals surface area (Å²) in [4.78, 5) is 8.71. The van der Waals surface area contributed by atoms with Crippen molar-refractivity contribution in [3.05, 3.63) is 23.8 Å². The number of hydrogen-bond acceptors (Lipinski definition) is 3. The number of rotatable bonds is 3. The molecule has 2 N–H and O–H groups in total. The molecule has 2 rings (SSSR count). The van der Waals surface area contributed by atoms with Crippen LogP contribution in [0.2, 0.25) is 0 Å². The summed E-state index contributed by atoms with van der Waals surface area (Å²) in [7, 11) is 0. The molecule has 0 bridgehead atoms. The van der Waals surface area contributed by atoms with Gasteiger partial charge in [-0.3, -0.25) is 0 Å². The van der Waals surface area contributed by atoms with E-state index in [9.17, 15) is 0 Å². The van der Waals surface area contributed by atoms with Crippen LogP contribution in [-0.4, -0.2) is 16.5 Å². The van der Waals surface area contributed by atoms with Crippen LogP contribution in [0.3, 0.4) is 0 Å². The minimum atomic E-state index is 0.628. The number of aromatic nitrogens is 2. The number of nitrogens with two attached hydrogens (primary N) is 1. The maximum Gasteiger partial charge on any atom is 0.129 e. The molecule has 3 heteroatoms. The van der Waals surface area contributed by atoms with Gasteiger partial charge in [-0.15, -0.1) is 0 Å². The molecular weight excluding hydrogens is 186 g/mol. The van der Waals surface area contributed by atoms with E-state index in [4.69, 9.17) is 5.73 Å². The molecule has 15 heavy (non-hydrogen) atoms. The van der Waals surface area contributed by atoms with Crippen LogP contribution in [0.25, 0.3) is 0 Å². The average Bonchev–Trinajstić information content (AvgIpc) is 2.32. The SMILES string of the molecule is NCCc1ncc(C2CCCCC2)cn1. The van der Waals surface area contributed by atoms with Gasteiger partial charge < -0.3 is 5.73 Å². The lowest BCUT2D eigenvalue weighted by molar-refractivity contribution is 0.441. The van der Waals surface area contributed by atoms with Gasteiger partial charge in [0.05, 0.1) is 0 Å². The van der Waals surface area contributed by atoms with Crippen LogP contribution in [0.15, 0.2) is 12.4 Å². The maximum absolute atomic E-state index is 5.46. The van der Waals surface area contributed by atoms with E-state index in [2.05, 4.69) is 9.97 Å². The van der Waals surface area contributed by atoms with E-state index >= 15 is 0 Å². The van der Waals surface area contributed by atoms with Crippen LogP contribution in [0.4, 0.5) is 0 Å². The van der Waals surface area contributed by atoms with E-state index in [-0.39, 0.29) is 0 Å². The summed E-state index contributed by atoms with van der Waals surface area (Å²) in [5.74, 6) is 1.57. The Balaban J connectivity index is 2.02. The second-order valence-corrected chi connectivity index (χ2v) is 4.31. The van der Waals surface area contributed by atoms with Gasteiger partial charge in [-0.1, -0.05) is 19.3 Å². The van der Waals surface area contributed by atoms with Crippen molar-refractivity contribution in [3.63, 3.8) is 0 Å². The Morgan fingerprint density at radius 1 is 1.13 bits per heavy atom. The van der Waals surface area contributed by atoms with Crippen molar-refractivity contribution in [1.29, 1.82) is 0 Å². The molecule has 0 spiro atoms. The molecule has 82 valence electrons. The molecule has 0 unspecified atom stereocenters. The number of nitrogens with zero attached hydrogens (tertiary/aromatic N) is 2. The summed E-state index contributed by atoms with van der Waals surface area (Å²) in [6, 6.07) is 0.